The van der Waals surface area contributed by atoms with Gasteiger partial charge in [0.1, 0.15) is 0 Å². The van der Waals surface area contributed by atoms with Crippen molar-refractivity contribution in [2.24, 2.45) is 17.6 Å². The standard InChI is InChI=1S/C12H25N3O/c1-3-11(8-13)12(16)14-6-4-10-5-7-15(2)9-10/h10-11H,3-9,13H2,1-2H3,(H,14,16). The van der Waals surface area contributed by atoms with Gasteiger partial charge in [-0.1, -0.05) is 6.92 Å². The Morgan fingerprint density at radius 1 is 1.62 bits per heavy atom. The highest BCUT2D eigenvalue weighted by molar-refractivity contribution is 5.78. The van der Waals surface area contributed by atoms with Crippen molar-refractivity contribution in [3.8, 4) is 0 Å². The van der Waals surface area contributed by atoms with Gasteiger partial charge in [0, 0.05) is 25.6 Å². The SMILES string of the molecule is CCC(CN)C(=O)NCCC1CCN(C)C1. The molecule has 94 valence electrons. The number of carbonyl (C=O) groups is 1. The summed E-state index contributed by atoms with van der Waals surface area (Å²) in [5.74, 6) is 0.867. The first-order valence-corrected chi connectivity index (χ1v) is 6.33. The van der Waals surface area contributed by atoms with E-state index in [1.54, 1.807) is 0 Å². The van der Waals surface area contributed by atoms with Crippen LogP contribution in [0.1, 0.15) is 26.2 Å². The second-order valence-corrected chi connectivity index (χ2v) is 4.84. The van der Waals surface area contributed by atoms with Gasteiger partial charge in [0.2, 0.25) is 5.91 Å². The van der Waals surface area contributed by atoms with E-state index in [2.05, 4.69) is 17.3 Å². The highest BCUT2D eigenvalue weighted by atomic mass is 16.1. The van der Waals surface area contributed by atoms with E-state index in [1.165, 1.54) is 19.5 Å². The van der Waals surface area contributed by atoms with Crippen molar-refractivity contribution in [3.05, 3.63) is 0 Å². The van der Waals surface area contributed by atoms with Crippen molar-refractivity contribution in [1.82, 2.24) is 10.2 Å². The summed E-state index contributed by atoms with van der Waals surface area (Å²) < 4.78 is 0. The van der Waals surface area contributed by atoms with Gasteiger partial charge in [-0.25, -0.2) is 0 Å². The molecule has 1 saturated heterocycles. The quantitative estimate of drug-likeness (QED) is 0.692. The lowest BCUT2D eigenvalue weighted by molar-refractivity contribution is -0.124. The molecule has 0 spiro atoms. The topological polar surface area (TPSA) is 58.4 Å². The summed E-state index contributed by atoms with van der Waals surface area (Å²) in [6.45, 7) is 5.62. The molecule has 0 bridgehead atoms. The monoisotopic (exact) mass is 227 g/mol. The molecule has 0 saturated carbocycles. The number of amides is 1. The van der Waals surface area contributed by atoms with Crippen LogP contribution in [0.2, 0.25) is 0 Å². The van der Waals surface area contributed by atoms with Crippen LogP contribution in [-0.2, 0) is 4.79 Å². The van der Waals surface area contributed by atoms with Gasteiger partial charge >= 0.3 is 0 Å². The molecular weight excluding hydrogens is 202 g/mol. The van der Waals surface area contributed by atoms with E-state index in [9.17, 15) is 4.79 Å². The molecule has 1 fully saturated rings. The predicted molar refractivity (Wildman–Crippen MR) is 66.1 cm³/mol. The molecule has 16 heavy (non-hydrogen) atoms. The molecule has 0 radical (unpaired) electrons. The van der Waals surface area contributed by atoms with Crippen LogP contribution in [0, 0.1) is 11.8 Å². The summed E-state index contributed by atoms with van der Waals surface area (Å²) >= 11 is 0. The molecule has 0 aromatic heterocycles. The molecule has 0 aromatic carbocycles. The van der Waals surface area contributed by atoms with Crippen molar-refractivity contribution < 1.29 is 4.79 Å². The van der Waals surface area contributed by atoms with Crippen LogP contribution < -0.4 is 11.1 Å². The molecule has 1 rings (SSSR count). The summed E-state index contributed by atoms with van der Waals surface area (Å²) in [4.78, 5) is 14.0. The van der Waals surface area contributed by atoms with Crippen LogP contribution in [0.4, 0.5) is 0 Å². The summed E-state index contributed by atoms with van der Waals surface area (Å²) in [6, 6.07) is 0. The van der Waals surface area contributed by atoms with E-state index in [1.807, 2.05) is 6.92 Å². The highest BCUT2D eigenvalue weighted by Crippen LogP contribution is 2.17. The zero-order valence-electron chi connectivity index (χ0n) is 10.5. The van der Waals surface area contributed by atoms with Crippen molar-refractivity contribution in [2.45, 2.75) is 26.2 Å². The molecule has 1 amide bonds. The molecular formula is C12H25N3O. The Labute approximate surface area is 98.6 Å². The van der Waals surface area contributed by atoms with Crippen LogP contribution in [0.25, 0.3) is 0 Å². The average molecular weight is 227 g/mol. The van der Waals surface area contributed by atoms with Crippen molar-refractivity contribution in [2.75, 3.05) is 33.2 Å². The van der Waals surface area contributed by atoms with Gasteiger partial charge in [0.15, 0.2) is 0 Å². The third-order valence-electron chi connectivity index (χ3n) is 3.49. The third kappa shape index (κ3) is 4.10. The highest BCUT2D eigenvalue weighted by Gasteiger charge is 2.19. The molecule has 4 heteroatoms. The van der Waals surface area contributed by atoms with Gasteiger partial charge in [-0.2, -0.15) is 0 Å². The zero-order valence-corrected chi connectivity index (χ0v) is 10.5. The molecule has 2 unspecified atom stereocenters. The summed E-state index contributed by atoms with van der Waals surface area (Å²) in [7, 11) is 2.15. The fourth-order valence-electron chi connectivity index (χ4n) is 2.26. The summed E-state index contributed by atoms with van der Waals surface area (Å²) in [6.07, 6.45) is 3.19. The van der Waals surface area contributed by atoms with Gasteiger partial charge in [0.05, 0.1) is 0 Å². The first kappa shape index (κ1) is 13.5. The van der Waals surface area contributed by atoms with Crippen molar-refractivity contribution in [1.29, 1.82) is 0 Å². The van der Waals surface area contributed by atoms with Crippen LogP contribution in [0.15, 0.2) is 0 Å². The Hall–Kier alpha value is -0.610. The maximum atomic E-state index is 11.6. The number of carbonyl (C=O) groups excluding carboxylic acids is 1. The number of nitrogens with zero attached hydrogens (tertiary/aromatic N) is 1. The molecule has 1 aliphatic rings. The second-order valence-electron chi connectivity index (χ2n) is 4.84. The lowest BCUT2D eigenvalue weighted by atomic mass is 10.0. The van der Waals surface area contributed by atoms with Crippen LogP contribution >= 0.6 is 0 Å². The Balaban J connectivity index is 2.12. The van der Waals surface area contributed by atoms with Crippen LogP contribution in [0.5, 0.6) is 0 Å². The third-order valence-corrected chi connectivity index (χ3v) is 3.49. The lowest BCUT2D eigenvalue weighted by Gasteiger charge is -2.14. The molecule has 0 aliphatic carbocycles. The summed E-state index contributed by atoms with van der Waals surface area (Å²) in [5.41, 5.74) is 5.53. The largest absolute Gasteiger partial charge is 0.356 e. The molecule has 3 N–H and O–H groups in total. The number of hydrogen-bond acceptors (Lipinski definition) is 3. The van der Waals surface area contributed by atoms with E-state index in [4.69, 9.17) is 5.73 Å². The first-order valence-electron chi connectivity index (χ1n) is 6.33. The number of likely N-dealkylation sites (tertiary alicyclic amines) is 1. The zero-order chi connectivity index (χ0) is 12.0. The van der Waals surface area contributed by atoms with Gasteiger partial charge in [0.25, 0.3) is 0 Å². The lowest BCUT2D eigenvalue weighted by Crippen LogP contribution is -2.35. The molecule has 1 heterocycles. The number of nitrogens with two attached hydrogens (primary N) is 1. The normalized spacial score (nSPS) is 23.3. The number of rotatable bonds is 6. The van der Waals surface area contributed by atoms with E-state index in [0.29, 0.717) is 6.54 Å². The van der Waals surface area contributed by atoms with Crippen LogP contribution in [-0.4, -0.2) is 44.0 Å². The predicted octanol–water partition coefficient (Wildman–Crippen LogP) is 0.429. The molecule has 1 aliphatic heterocycles. The van der Waals surface area contributed by atoms with E-state index >= 15 is 0 Å². The maximum absolute atomic E-state index is 11.6. The van der Waals surface area contributed by atoms with E-state index in [0.717, 1.165) is 25.3 Å². The molecule has 4 nitrogen and oxygen atoms in total. The Kier molecular flexibility index (Phi) is 5.77. The van der Waals surface area contributed by atoms with E-state index in [-0.39, 0.29) is 11.8 Å². The maximum Gasteiger partial charge on any atom is 0.224 e. The second kappa shape index (κ2) is 6.86. The van der Waals surface area contributed by atoms with Crippen LogP contribution in [0.3, 0.4) is 0 Å². The van der Waals surface area contributed by atoms with Crippen molar-refractivity contribution >= 4 is 5.91 Å². The molecule has 2 atom stereocenters. The Morgan fingerprint density at radius 3 is 2.88 bits per heavy atom. The van der Waals surface area contributed by atoms with Gasteiger partial charge < -0.3 is 16.0 Å². The minimum absolute atomic E-state index is 0.00810. The van der Waals surface area contributed by atoms with E-state index < -0.39 is 0 Å². The van der Waals surface area contributed by atoms with Gasteiger partial charge in [-0.15, -0.1) is 0 Å². The number of nitrogens with one attached hydrogen (secondary N) is 1. The Morgan fingerprint density at radius 2 is 2.38 bits per heavy atom. The minimum atomic E-state index is -0.00810. The molecule has 0 aromatic rings. The fraction of sp³-hybridized carbons (Fsp3) is 0.917. The van der Waals surface area contributed by atoms with Gasteiger partial charge in [-0.3, -0.25) is 4.79 Å². The number of hydrogen-bond donors (Lipinski definition) is 2. The fourth-order valence-corrected chi connectivity index (χ4v) is 2.26. The van der Waals surface area contributed by atoms with Gasteiger partial charge in [-0.05, 0) is 38.8 Å². The summed E-state index contributed by atoms with van der Waals surface area (Å²) in [5, 5.41) is 2.99. The smallest absolute Gasteiger partial charge is 0.224 e. The van der Waals surface area contributed by atoms with Crippen molar-refractivity contribution in [3.63, 3.8) is 0 Å². The average Bonchev–Trinajstić information content (AvgIpc) is 2.66. The minimum Gasteiger partial charge on any atom is -0.356 e. The first-order chi connectivity index (χ1) is 7.67. The Bertz CT molecular complexity index is 216.